The van der Waals surface area contributed by atoms with Gasteiger partial charge in [0.15, 0.2) is 0 Å². The molecule has 0 amide bonds. The van der Waals surface area contributed by atoms with E-state index in [1.807, 2.05) is 6.92 Å². The summed E-state index contributed by atoms with van der Waals surface area (Å²) in [5, 5.41) is 3.85. The number of hydrogen-bond donors (Lipinski definition) is 1. The minimum atomic E-state index is 0.00367. The normalized spacial score (nSPS) is 28.0. The summed E-state index contributed by atoms with van der Waals surface area (Å²) in [4.78, 5) is 11.8. The molecule has 120 valence electrons. The van der Waals surface area contributed by atoms with Crippen molar-refractivity contribution in [2.45, 2.75) is 64.0 Å². The molecule has 0 aromatic heterocycles. The summed E-state index contributed by atoms with van der Waals surface area (Å²) in [6.45, 7) is 2.38. The van der Waals surface area contributed by atoms with Crippen LogP contribution in [-0.2, 0) is 16.0 Å². The lowest BCUT2D eigenvalue weighted by atomic mass is 9.83. The van der Waals surface area contributed by atoms with Crippen molar-refractivity contribution in [1.29, 1.82) is 0 Å². The van der Waals surface area contributed by atoms with Gasteiger partial charge in [0.05, 0.1) is 12.5 Å². The molecule has 3 heteroatoms. The van der Waals surface area contributed by atoms with Crippen LogP contribution in [0, 0.1) is 5.92 Å². The van der Waals surface area contributed by atoms with Gasteiger partial charge in [-0.25, -0.2) is 0 Å². The van der Waals surface area contributed by atoms with E-state index in [1.165, 1.54) is 30.4 Å². The molecule has 1 fully saturated rings. The first-order valence-corrected chi connectivity index (χ1v) is 8.78. The maximum atomic E-state index is 11.8. The summed E-state index contributed by atoms with van der Waals surface area (Å²) >= 11 is 0. The zero-order valence-corrected chi connectivity index (χ0v) is 13.5. The van der Waals surface area contributed by atoms with Gasteiger partial charge in [0, 0.05) is 12.1 Å². The second-order valence-corrected chi connectivity index (χ2v) is 6.61. The maximum absolute atomic E-state index is 11.8. The first-order valence-electron chi connectivity index (χ1n) is 8.78. The zero-order chi connectivity index (χ0) is 15.4. The van der Waals surface area contributed by atoms with Gasteiger partial charge < -0.3 is 10.1 Å². The van der Waals surface area contributed by atoms with Crippen molar-refractivity contribution in [2.75, 3.05) is 6.61 Å². The second kappa shape index (κ2) is 7.28. The Morgan fingerprint density at radius 3 is 2.73 bits per heavy atom. The predicted molar refractivity (Wildman–Crippen MR) is 87.6 cm³/mol. The molecule has 0 radical (unpaired) electrons. The Balaban J connectivity index is 1.55. The Morgan fingerprint density at radius 1 is 1.18 bits per heavy atom. The summed E-state index contributed by atoms with van der Waals surface area (Å²) in [6.07, 6.45) is 7.81. The highest BCUT2D eigenvalue weighted by molar-refractivity contribution is 5.72. The molecule has 1 N–H and O–H groups in total. The average molecular weight is 301 g/mol. The SMILES string of the molecule is CCOC(=O)C1CCC(NC2CCCc3ccccc32)CC1. The van der Waals surface area contributed by atoms with Gasteiger partial charge in [-0.05, 0) is 63.0 Å². The number of rotatable bonds is 4. The molecule has 2 aliphatic rings. The molecule has 2 aliphatic carbocycles. The highest BCUT2D eigenvalue weighted by atomic mass is 16.5. The van der Waals surface area contributed by atoms with Crippen LogP contribution in [-0.4, -0.2) is 18.6 Å². The Morgan fingerprint density at radius 2 is 1.95 bits per heavy atom. The van der Waals surface area contributed by atoms with Gasteiger partial charge in [0.1, 0.15) is 0 Å². The van der Waals surface area contributed by atoms with Crippen molar-refractivity contribution in [3.8, 4) is 0 Å². The fraction of sp³-hybridized carbons (Fsp3) is 0.632. The van der Waals surface area contributed by atoms with Crippen LogP contribution in [0.3, 0.4) is 0 Å². The summed E-state index contributed by atoms with van der Waals surface area (Å²) in [7, 11) is 0. The van der Waals surface area contributed by atoms with Crippen LogP contribution in [0.4, 0.5) is 0 Å². The molecule has 0 aliphatic heterocycles. The number of aryl methyl sites for hydroxylation is 1. The quantitative estimate of drug-likeness (QED) is 0.860. The van der Waals surface area contributed by atoms with Gasteiger partial charge in [0.25, 0.3) is 0 Å². The number of benzene rings is 1. The predicted octanol–water partition coefficient (Wildman–Crippen LogP) is 3.78. The van der Waals surface area contributed by atoms with E-state index in [9.17, 15) is 4.79 Å². The molecule has 1 unspecified atom stereocenters. The number of nitrogens with one attached hydrogen (secondary N) is 1. The van der Waals surface area contributed by atoms with E-state index in [2.05, 4.69) is 29.6 Å². The van der Waals surface area contributed by atoms with Crippen LogP contribution in [0.2, 0.25) is 0 Å². The van der Waals surface area contributed by atoms with Crippen molar-refractivity contribution in [1.82, 2.24) is 5.32 Å². The smallest absolute Gasteiger partial charge is 0.308 e. The number of esters is 1. The van der Waals surface area contributed by atoms with E-state index in [0.717, 1.165) is 25.7 Å². The summed E-state index contributed by atoms with van der Waals surface area (Å²) in [6, 6.07) is 9.87. The molecular formula is C19H27NO2. The van der Waals surface area contributed by atoms with Gasteiger partial charge in [-0.3, -0.25) is 4.79 Å². The molecule has 0 spiro atoms. The van der Waals surface area contributed by atoms with Gasteiger partial charge in [0.2, 0.25) is 0 Å². The van der Waals surface area contributed by atoms with E-state index >= 15 is 0 Å². The molecule has 1 saturated carbocycles. The van der Waals surface area contributed by atoms with Gasteiger partial charge in [-0.2, -0.15) is 0 Å². The van der Waals surface area contributed by atoms with Crippen LogP contribution in [0.5, 0.6) is 0 Å². The molecule has 1 atom stereocenters. The fourth-order valence-electron chi connectivity index (χ4n) is 3.97. The fourth-order valence-corrected chi connectivity index (χ4v) is 3.97. The van der Waals surface area contributed by atoms with Gasteiger partial charge >= 0.3 is 5.97 Å². The van der Waals surface area contributed by atoms with Crippen LogP contribution < -0.4 is 5.32 Å². The van der Waals surface area contributed by atoms with Gasteiger partial charge in [-0.1, -0.05) is 24.3 Å². The van der Waals surface area contributed by atoms with E-state index in [4.69, 9.17) is 4.74 Å². The lowest BCUT2D eigenvalue weighted by Gasteiger charge is -2.34. The van der Waals surface area contributed by atoms with Crippen molar-refractivity contribution < 1.29 is 9.53 Å². The molecular weight excluding hydrogens is 274 g/mol. The largest absolute Gasteiger partial charge is 0.466 e. The standard InChI is InChI=1S/C19H27NO2/c1-2-22-19(21)15-10-12-16(13-11-15)20-18-9-5-7-14-6-3-4-8-17(14)18/h3-4,6,8,15-16,18,20H,2,5,7,9-13H2,1H3. The summed E-state index contributed by atoms with van der Waals surface area (Å²) < 4.78 is 5.15. The van der Waals surface area contributed by atoms with Crippen LogP contribution >= 0.6 is 0 Å². The number of hydrogen-bond acceptors (Lipinski definition) is 3. The Hall–Kier alpha value is -1.35. The maximum Gasteiger partial charge on any atom is 0.308 e. The minimum Gasteiger partial charge on any atom is -0.466 e. The number of ether oxygens (including phenoxy) is 1. The monoisotopic (exact) mass is 301 g/mol. The zero-order valence-electron chi connectivity index (χ0n) is 13.5. The molecule has 1 aromatic carbocycles. The van der Waals surface area contributed by atoms with Crippen molar-refractivity contribution in [3.05, 3.63) is 35.4 Å². The highest BCUT2D eigenvalue weighted by Crippen LogP contribution is 2.32. The Kier molecular flexibility index (Phi) is 5.14. The third-order valence-corrected chi connectivity index (χ3v) is 5.15. The van der Waals surface area contributed by atoms with Crippen molar-refractivity contribution >= 4 is 5.97 Å². The third kappa shape index (κ3) is 3.52. The Bertz CT molecular complexity index is 506. The van der Waals surface area contributed by atoms with Crippen LogP contribution in [0.25, 0.3) is 0 Å². The first kappa shape index (κ1) is 15.5. The lowest BCUT2D eigenvalue weighted by Crippen LogP contribution is -2.38. The van der Waals surface area contributed by atoms with Crippen LogP contribution in [0.1, 0.15) is 62.6 Å². The topological polar surface area (TPSA) is 38.3 Å². The molecule has 0 heterocycles. The Labute approximate surface area is 133 Å². The number of fused-ring (bicyclic) bond motifs is 1. The molecule has 3 nitrogen and oxygen atoms in total. The number of carbonyl (C=O) groups is 1. The average Bonchev–Trinajstić information content (AvgIpc) is 2.56. The summed E-state index contributed by atoms with van der Waals surface area (Å²) in [5.74, 6) is 0.126. The second-order valence-electron chi connectivity index (χ2n) is 6.61. The lowest BCUT2D eigenvalue weighted by molar-refractivity contribution is -0.149. The van der Waals surface area contributed by atoms with E-state index in [1.54, 1.807) is 0 Å². The highest BCUT2D eigenvalue weighted by Gasteiger charge is 2.29. The van der Waals surface area contributed by atoms with Gasteiger partial charge in [-0.15, -0.1) is 0 Å². The third-order valence-electron chi connectivity index (χ3n) is 5.15. The molecule has 0 bridgehead atoms. The summed E-state index contributed by atoms with van der Waals surface area (Å²) in [5.41, 5.74) is 2.99. The van der Waals surface area contributed by atoms with Crippen molar-refractivity contribution in [3.63, 3.8) is 0 Å². The van der Waals surface area contributed by atoms with E-state index < -0.39 is 0 Å². The molecule has 1 aromatic rings. The van der Waals surface area contributed by atoms with Crippen LogP contribution in [0.15, 0.2) is 24.3 Å². The molecule has 22 heavy (non-hydrogen) atoms. The molecule has 0 saturated heterocycles. The minimum absolute atomic E-state index is 0.00367. The molecule has 3 rings (SSSR count). The first-order chi connectivity index (χ1) is 10.8. The van der Waals surface area contributed by atoms with E-state index in [0.29, 0.717) is 18.7 Å². The van der Waals surface area contributed by atoms with Crippen molar-refractivity contribution in [2.24, 2.45) is 5.92 Å². The van der Waals surface area contributed by atoms with E-state index in [-0.39, 0.29) is 11.9 Å². The number of carbonyl (C=O) groups excluding carboxylic acids is 1.